The number of hydrogen-bond donors (Lipinski definition) is 2. The Morgan fingerprint density at radius 3 is 2.67 bits per heavy atom. The number of fused-ring (bicyclic) bond motifs is 2. The van der Waals surface area contributed by atoms with Crippen LogP contribution in [0.5, 0.6) is 0 Å². The highest BCUT2D eigenvalue weighted by Crippen LogP contribution is 2.48. The molecule has 0 radical (unpaired) electrons. The van der Waals surface area contributed by atoms with Crippen molar-refractivity contribution in [3.63, 3.8) is 0 Å². The minimum absolute atomic E-state index is 0.00532. The second-order valence-corrected chi connectivity index (χ2v) is 6.86. The number of benzene rings is 1. The summed E-state index contributed by atoms with van der Waals surface area (Å²) in [5.74, 6) is 0.961. The van der Waals surface area contributed by atoms with Crippen molar-refractivity contribution in [2.45, 2.75) is 25.3 Å². The van der Waals surface area contributed by atoms with Crippen LogP contribution in [0.3, 0.4) is 0 Å². The number of nitrogens with zero attached hydrogens (tertiary/aromatic N) is 1. The second-order valence-electron chi connectivity index (χ2n) is 6.46. The zero-order valence-corrected chi connectivity index (χ0v) is 13.2. The van der Waals surface area contributed by atoms with Gasteiger partial charge in [-0.15, -0.1) is 0 Å². The number of carbonyl (C=O) groups is 1. The van der Waals surface area contributed by atoms with Gasteiger partial charge in [-0.25, -0.2) is 0 Å². The summed E-state index contributed by atoms with van der Waals surface area (Å²) in [4.78, 5) is 14.6. The van der Waals surface area contributed by atoms with Crippen molar-refractivity contribution in [1.29, 1.82) is 0 Å². The lowest BCUT2D eigenvalue weighted by atomic mass is 9.84. The first-order valence-electron chi connectivity index (χ1n) is 7.51. The fraction of sp³-hybridized carbons (Fsp3) is 0.562. The van der Waals surface area contributed by atoms with Gasteiger partial charge in [-0.3, -0.25) is 4.79 Å². The predicted octanol–water partition coefficient (Wildman–Crippen LogP) is 2.72. The smallest absolute Gasteiger partial charge is 0.229 e. The first kappa shape index (κ1) is 14.7. The lowest BCUT2D eigenvalue weighted by Crippen LogP contribution is -2.42. The summed E-state index contributed by atoms with van der Waals surface area (Å²) >= 11 is 6.24. The van der Waals surface area contributed by atoms with Gasteiger partial charge < -0.3 is 16.0 Å². The summed E-state index contributed by atoms with van der Waals surface area (Å²) in [5, 5.41) is 3.68. The number of hydrogen-bond acceptors (Lipinski definition) is 3. The average Bonchev–Trinajstić information content (AvgIpc) is 2.98. The van der Waals surface area contributed by atoms with E-state index < -0.39 is 0 Å². The molecule has 0 spiro atoms. The number of amides is 1. The Kier molecular flexibility index (Phi) is 3.84. The van der Waals surface area contributed by atoms with E-state index in [9.17, 15) is 4.79 Å². The molecule has 4 nitrogen and oxygen atoms in total. The van der Waals surface area contributed by atoms with Gasteiger partial charge in [0.15, 0.2) is 0 Å². The third-order valence-electron chi connectivity index (χ3n) is 4.98. The molecule has 2 aliphatic carbocycles. The number of nitrogens with two attached hydrogens (primary N) is 1. The highest BCUT2D eigenvalue weighted by Gasteiger charge is 2.49. The van der Waals surface area contributed by atoms with Crippen LogP contribution in [0.25, 0.3) is 0 Å². The van der Waals surface area contributed by atoms with Gasteiger partial charge in [-0.1, -0.05) is 17.7 Å². The van der Waals surface area contributed by atoms with E-state index in [0.29, 0.717) is 16.9 Å². The van der Waals surface area contributed by atoms with Crippen LogP contribution < -0.4 is 16.0 Å². The molecule has 0 aromatic heterocycles. The van der Waals surface area contributed by atoms with E-state index in [1.807, 2.05) is 37.2 Å². The van der Waals surface area contributed by atoms with Gasteiger partial charge in [-0.05, 0) is 43.2 Å². The van der Waals surface area contributed by atoms with E-state index in [2.05, 4.69) is 5.32 Å². The molecule has 2 saturated carbocycles. The summed E-state index contributed by atoms with van der Waals surface area (Å²) in [6.45, 7) is 0. The first-order chi connectivity index (χ1) is 9.99. The minimum Gasteiger partial charge on any atom is -0.375 e. The largest absolute Gasteiger partial charge is 0.375 e. The molecule has 2 aliphatic rings. The van der Waals surface area contributed by atoms with E-state index in [1.165, 1.54) is 6.42 Å². The van der Waals surface area contributed by atoms with Crippen LogP contribution in [-0.4, -0.2) is 26.0 Å². The molecule has 4 atom stereocenters. The molecule has 1 aromatic carbocycles. The van der Waals surface area contributed by atoms with Crippen molar-refractivity contribution >= 4 is 28.9 Å². The molecule has 0 saturated heterocycles. The van der Waals surface area contributed by atoms with Crippen LogP contribution in [0.1, 0.15) is 19.3 Å². The van der Waals surface area contributed by atoms with Gasteiger partial charge in [0.25, 0.3) is 0 Å². The summed E-state index contributed by atoms with van der Waals surface area (Å²) in [6.07, 6.45) is 3.41. The zero-order chi connectivity index (χ0) is 15.1. The van der Waals surface area contributed by atoms with Crippen molar-refractivity contribution in [3.05, 3.63) is 23.2 Å². The Balaban J connectivity index is 1.81. The zero-order valence-electron chi connectivity index (χ0n) is 12.5. The molecule has 2 fully saturated rings. The highest BCUT2D eigenvalue weighted by molar-refractivity contribution is 6.34. The van der Waals surface area contributed by atoms with Crippen LogP contribution in [0.2, 0.25) is 5.02 Å². The Hall–Kier alpha value is -1.26. The first-order valence-corrected chi connectivity index (χ1v) is 7.89. The van der Waals surface area contributed by atoms with Crippen molar-refractivity contribution in [2.75, 3.05) is 24.3 Å². The topological polar surface area (TPSA) is 58.4 Å². The maximum atomic E-state index is 12.6. The molecule has 2 bridgehead atoms. The number of nitrogens with one attached hydrogen (secondary N) is 1. The van der Waals surface area contributed by atoms with Gasteiger partial charge in [0, 0.05) is 20.1 Å². The van der Waals surface area contributed by atoms with Gasteiger partial charge in [-0.2, -0.15) is 0 Å². The van der Waals surface area contributed by atoms with Crippen molar-refractivity contribution in [3.8, 4) is 0 Å². The molecule has 3 rings (SSSR count). The Labute approximate surface area is 130 Å². The number of rotatable bonds is 3. The van der Waals surface area contributed by atoms with Gasteiger partial charge >= 0.3 is 0 Å². The molecule has 0 aliphatic heterocycles. The molecule has 1 aromatic rings. The Bertz CT molecular complexity index is 558. The van der Waals surface area contributed by atoms with E-state index in [4.69, 9.17) is 17.3 Å². The summed E-state index contributed by atoms with van der Waals surface area (Å²) in [5.41, 5.74) is 7.84. The number of para-hydroxylation sites is 1. The third-order valence-corrected chi connectivity index (χ3v) is 5.28. The van der Waals surface area contributed by atoms with Crippen LogP contribution >= 0.6 is 11.6 Å². The summed E-state index contributed by atoms with van der Waals surface area (Å²) in [6, 6.07) is 5.57. The van der Waals surface area contributed by atoms with E-state index in [-0.39, 0.29) is 17.9 Å². The van der Waals surface area contributed by atoms with E-state index in [1.54, 1.807) is 0 Å². The fourth-order valence-corrected chi connectivity index (χ4v) is 4.36. The number of anilines is 2. The molecule has 4 unspecified atom stereocenters. The Morgan fingerprint density at radius 1 is 1.33 bits per heavy atom. The molecule has 1 amide bonds. The maximum Gasteiger partial charge on any atom is 0.229 e. The second kappa shape index (κ2) is 5.50. The van der Waals surface area contributed by atoms with E-state index in [0.717, 1.165) is 24.2 Å². The predicted molar refractivity (Wildman–Crippen MR) is 86.7 cm³/mol. The van der Waals surface area contributed by atoms with Gasteiger partial charge in [0.05, 0.1) is 22.3 Å². The molecule has 5 heteroatoms. The lowest BCUT2D eigenvalue weighted by molar-refractivity contribution is -0.121. The molecule has 0 heterocycles. The number of carbonyl (C=O) groups excluding carboxylic acids is 1. The molecular weight excluding hydrogens is 286 g/mol. The lowest BCUT2D eigenvalue weighted by Gasteiger charge is -2.28. The quantitative estimate of drug-likeness (QED) is 0.902. The summed E-state index contributed by atoms with van der Waals surface area (Å²) < 4.78 is 0. The molecule has 21 heavy (non-hydrogen) atoms. The van der Waals surface area contributed by atoms with Crippen molar-refractivity contribution < 1.29 is 4.79 Å². The summed E-state index contributed by atoms with van der Waals surface area (Å²) in [7, 11) is 3.83. The highest BCUT2D eigenvalue weighted by atomic mass is 35.5. The monoisotopic (exact) mass is 307 g/mol. The van der Waals surface area contributed by atoms with Crippen LogP contribution in [-0.2, 0) is 4.79 Å². The van der Waals surface area contributed by atoms with Gasteiger partial charge in [0.2, 0.25) is 5.91 Å². The Morgan fingerprint density at radius 2 is 2.05 bits per heavy atom. The standard InChI is InChI=1S/C16H22ClN3O/c1-20(2)15-11(17)4-3-5-12(15)19-16(21)13-9-6-7-10(8-9)14(13)18/h3-5,9-10,13-14H,6-8,18H2,1-2H3,(H,19,21). The SMILES string of the molecule is CN(C)c1c(Cl)cccc1NC(=O)C1C2CCC(C2)C1N. The normalized spacial score (nSPS) is 30.5. The fourth-order valence-electron chi connectivity index (χ4n) is 4.01. The maximum absolute atomic E-state index is 12.6. The van der Waals surface area contributed by atoms with Crippen LogP contribution in [0, 0.1) is 17.8 Å². The molecule has 3 N–H and O–H groups in total. The van der Waals surface area contributed by atoms with Crippen molar-refractivity contribution in [2.24, 2.45) is 23.5 Å². The van der Waals surface area contributed by atoms with Crippen LogP contribution in [0.15, 0.2) is 18.2 Å². The number of halogens is 1. The molecular formula is C16H22ClN3O. The third kappa shape index (κ3) is 2.51. The van der Waals surface area contributed by atoms with Gasteiger partial charge in [0.1, 0.15) is 0 Å². The van der Waals surface area contributed by atoms with E-state index >= 15 is 0 Å². The van der Waals surface area contributed by atoms with Crippen LogP contribution in [0.4, 0.5) is 11.4 Å². The minimum atomic E-state index is -0.0576. The molecule has 114 valence electrons. The average molecular weight is 308 g/mol. The van der Waals surface area contributed by atoms with Crippen molar-refractivity contribution in [1.82, 2.24) is 0 Å².